The van der Waals surface area contributed by atoms with Gasteiger partial charge in [-0.2, -0.15) is 23.4 Å². The molecule has 166 valence electrons. The molecule has 0 aliphatic heterocycles. The smallest absolute Gasteiger partial charge is 0.379 e. The average Bonchev–Trinajstić information content (AvgIpc) is 3.32. The highest BCUT2D eigenvalue weighted by Crippen LogP contribution is 2.44. The van der Waals surface area contributed by atoms with Crippen LogP contribution in [0.15, 0.2) is 24.5 Å². The zero-order chi connectivity index (χ0) is 22.7. The van der Waals surface area contributed by atoms with Crippen LogP contribution in [0.4, 0.5) is 18.9 Å². The number of nitrogens with one attached hydrogen (secondary N) is 1. The van der Waals surface area contributed by atoms with Gasteiger partial charge in [-0.25, -0.2) is 4.52 Å². The number of aryl methyl sites for hydroxylation is 1. The van der Waals surface area contributed by atoms with Crippen molar-refractivity contribution >= 4 is 17.1 Å². The lowest BCUT2D eigenvalue weighted by Crippen LogP contribution is -2.35. The van der Waals surface area contributed by atoms with Gasteiger partial charge in [0.25, 0.3) is 5.91 Å². The summed E-state index contributed by atoms with van der Waals surface area (Å²) in [5.41, 5.74) is 6.77. The third-order valence-corrected chi connectivity index (χ3v) is 6.74. The molecule has 1 fully saturated rings. The summed E-state index contributed by atoms with van der Waals surface area (Å²) in [4.78, 5) is 12.1. The van der Waals surface area contributed by atoms with Crippen LogP contribution in [0, 0.1) is 11.3 Å². The van der Waals surface area contributed by atoms with Gasteiger partial charge < -0.3 is 11.1 Å². The lowest BCUT2D eigenvalue weighted by molar-refractivity contribution is -0.141. The molecule has 31 heavy (non-hydrogen) atoms. The van der Waals surface area contributed by atoms with Crippen LogP contribution in [0.1, 0.15) is 49.7 Å². The van der Waals surface area contributed by atoms with Crippen molar-refractivity contribution in [2.24, 2.45) is 24.1 Å². The summed E-state index contributed by atoms with van der Waals surface area (Å²) in [6.07, 6.45) is 0.455. The minimum absolute atomic E-state index is 0.00571. The fourth-order valence-electron chi connectivity index (χ4n) is 4.35. The molecule has 4 rings (SSSR count). The monoisotopic (exact) mass is 434 g/mol. The molecule has 2 atom stereocenters. The van der Waals surface area contributed by atoms with Crippen LogP contribution in [0.2, 0.25) is 0 Å². The summed E-state index contributed by atoms with van der Waals surface area (Å²) in [7, 11) is 1.46. The number of aromatic nitrogens is 4. The number of amides is 1. The van der Waals surface area contributed by atoms with E-state index in [1.165, 1.54) is 22.4 Å². The highest BCUT2D eigenvalue weighted by atomic mass is 19.4. The predicted octanol–water partition coefficient (Wildman–Crippen LogP) is 4.09. The van der Waals surface area contributed by atoms with Crippen LogP contribution in [-0.4, -0.2) is 31.3 Å². The first-order valence-corrected chi connectivity index (χ1v) is 10.1. The Kier molecular flexibility index (Phi) is 4.79. The number of nitrogens with two attached hydrogens (primary N) is 1. The zero-order valence-corrected chi connectivity index (χ0v) is 17.8. The average molecular weight is 434 g/mol. The third kappa shape index (κ3) is 3.53. The molecule has 0 saturated heterocycles. The molecule has 1 aliphatic rings. The highest BCUT2D eigenvalue weighted by molar-refractivity contribution is 6.02. The molecule has 7 nitrogen and oxygen atoms in total. The van der Waals surface area contributed by atoms with Gasteiger partial charge in [-0.3, -0.25) is 9.48 Å². The van der Waals surface area contributed by atoms with E-state index in [2.05, 4.69) is 36.3 Å². The quantitative estimate of drug-likeness (QED) is 0.647. The number of primary amides is 1. The van der Waals surface area contributed by atoms with Crippen LogP contribution in [0.3, 0.4) is 0 Å². The second-order valence-electron chi connectivity index (χ2n) is 8.89. The maximum Gasteiger partial charge on any atom is 0.435 e. The third-order valence-electron chi connectivity index (χ3n) is 6.74. The summed E-state index contributed by atoms with van der Waals surface area (Å²) < 4.78 is 42.0. The molecule has 3 N–H and O–H groups in total. The van der Waals surface area contributed by atoms with E-state index >= 15 is 0 Å². The van der Waals surface area contributed by atoms with Crippen molar-refractivity contribution < 1.29 is 18.0 Å². The fraction of sp³-hybridized carbons (Fsp3) is 0.476. The fourth-order valence-corrected chi connectivity index (χ4v) is 4.35. The number of carbonyl (C=O) groups excluding carboxylic acids is 1. The maximum absolute atomic E-state index is 13.1. The Morgan fingerprint density at radius 3 is 2.55 bits per heavy atom. The lowest BCUT2D eigenvalue weighted by atomic mass is 9.80. The number of rotatable bonds is 4. The van der Waals surface area contributed by atoms with Gasteiger partial charge in [0.2, 0.25) is 0 Å². The minimum atomic E-state index is -4.54. The molecule has 0 bridgehead atoms. The van der Waals surface area contributed by atoms with Crippen molar-refractivity contribution in [3.05, 3.63) is 35.8 Å². The molecular formula is C21H25F3N6O. The van der Waals surface area contributed by atoms with E-state index in [-0.39, 0.29) is 17.0 Å². The number of hydrogen-bond donors (Lipinski definition) is 2. The van der Waals surface area contributed by atoms with Gasteiger partial charge in [-0.05, 0) is 36.3 Å². The van der Waals surface area contributed by atoms with Crippen molar-refractivity contribution in [3.8, 4) is 11.3 Å². The molecule has 3 heterocycles. The standard InChI is InChI=1S/C21H25F3N6O/c1-11-5-6-16(20(11,2)3)27-18-13(19(25)31)9-26-30-10-12(7-15(18)30)14-8-17(21(22,23)24)28-29(14)4/h7-11,16,27H,5-6H2,1-4H3,(H2,25,31)/t11?,16-/m1/s1. The highest BCUT2D eigenvalue weighted by Gasteiger charge is 2.41. The molecule has 0 spiro atoms. The second-order valence-corrected chi connectivity index (χ2v) is 8.89. The molecular weight excluding hydrogens is 409 g/mol. The summed E-state index contributed by atoms with van der Waals surface area (Å²) >= 11 is 0. The van der Waals surface area contributed by atoms with Gasteiger partial charge in [-0.1, -0.05) is 20.8 Å². The van der Waals surface area contributed by atoms with Gasteiger partial charge in [-0.15, -0.1) is 0 Å². The van der Waals surface area contributed by atoms with Gasteiger partial charge in [0.15, 0.2) is 5.69 Å². The van der Waals surface area contributed by atoms with Gasteiger partial charge >= 0.3 is 6.18 Å². The summed E-state index contributed by atoms with van der Waals surface area (Å²) in [5.74, 6) is -0.124. The Morgan fingerprint density at radius 2 is 2.00 bits per heavy atom. The number of fused-ring (bicyclic) bond motifs is 1. The minimum Gasteiger partial charge on any atom is -0.379 e. The van der Waals surface area contributed by atoms with Crippen molar-refractivity contribution in [1.29, 1.82) is 0 Å². The Morgan fingerprint density at radius 1 is 1.29 bits per heavy atom. The number of carbonyl (C=O) groups is 1. The number of anilines is 1. The molecule has 1 unspecified atom stereocenters. The van der Waals surface area contributed by atoms with E-state index in [9.17, 15) is 18.0 Å². The normalized spacial score (nSPS) is 21.0. The molecule has 1 amide bonds. The van der Waals surface area contributed by atoms with E-state index in [4.69, 9.17) is 5.73 Å². The first kappa shape index (κ1) is 21.2. The molecule has 1 saturated carbocycles. The molecule has 1 aliphatic carbocycles. The number of hydrogen-bond acceptors (Lipinski definition) is 4. The topological polar surface area (TPSA) is 90.2 Å². The number of halogens is 3. The molecule has 3 aromatic rings. The maximum atomic E-state index is 13.1. The van der Waals surface area contributed by atoms with E-state index < -0.39 is 17.8 Å². The van der Waals surface area contributed by atoms with Crippen molar-refractivity contribution in [2.45, 2.75) is 45.8 Å². The zero-order valence-electron chi connectivity index (χ0n) is 17.8. The Labute approximate surface area is 177 Å². The van der Waals surface area contributed by atoms with Gasteiger partial charge in [0.1, 0.15) is 0 Å². The van der Waals surface area contributed by atoms with Crippen LogP contribution < -0.4 is 11.1 Å². The Balaban J connectivity index is 1.83. The van der Waals surface area contributed by atoms with E-state index in [0.29, 0.717) is 28.4 Å². The van der Waals surface area contributed by atoms with Crippen molar-refractivity contribution in [2.75, 3.05) is 5.32 Å². The predicted molar refractivity (Wildman–Crippen MR) is 111 cm³/mol. The van der Waals surface area contributed by atoms with E-state index in [1.54, 1.807) is 12.3 Å². The van der Waals surface area contributed by atoms with Crippen LogP contribution in [-0.2, 0) is 13.2 Å². The van der Waals surface area contributed by atoms with Crippen LogP contribution in [0.25, 0.3) is 16.8 Å². The molecule has 3 aromatic heterocycles. The Hall–Kier alpha value is -3.04. The van der Waals surface area contributed by atoms with E-state index in [1.807, 2.05) is 0 Å². The second kappa shape index (κ2) is 7.00. The van der Waals surface area contributed by atoms with Crippen molar-refractivity contribution in [1.82, 2.24) is 19.4 Å². The van der Waals surface area contributed by atoms with Crippen molar-refractivity contribution in [3.63, 3.8) is 0 Å². The van der Waals surface area contributed by atoms with E-state index in [0.717, 1.165) is 18.9 Å². The molecule has 10 heteroatoms. The summed E-state index contributed by atoms with van der Waals surface area (Å²) in [6, 6.07) is 2.81. The van der Waals surface area contributed by atoms with Crippen LogP contribution >= 0.6 is 0 Å². The lowest BCUT2D eigenvalue weighted by Gasteiger charge is -2.33. The molecule has 0 aromatic carbocycles. The summed E-state index contributed by atoms with van der Waals surface area (Å²) in [5, 5.41) is 11.3. The SMILES string of the molecule is CC1CC[C@@H](Nc2c(C(N)=O)cnn3cc(-c4cc(C(F)(F)F)nn4C)cc23)C1(C)C. The largest absolute Gasteiger partial charge is 0.435 e. The van der Waals surface area contributed by atoms with Crippen LogP contribution in [0.5, 0.6) is 0 Å². The number of nitrogens with zero attached hydrogens (tertiary/aromatic N) is 4. The van der Waals surface area contributed by atoms with Gasteiger partial charge in [0.05, 0.1) is 28.7 Å². The number of alkyl halides is 3. The van der Waals surface area contributed by atoms with Gasteiger partial charge in [0, 0.05) is 24.8 Å². The molecule has 0 radical (unpaired) electrons. The first-order valence-electron chi connectivity index (χ1n) is 10.1. The summed E-state index contributed by atoms with van der Waals surface area (Å²) in [6.45, 7) is 6.57. The first-order chi connectivity index (χ1) is 14.4. The Bertz CT molecular complexity index is 1160.